The van der Waals surface area contributed by atoms with Gasteiger partial charge in [-0.05, 0) is 40.5 Å². The van der Waals surface area contributed by atoms with Crippen LogP contribution in [0.1, 0.15) is 11.1 Å². The molecule has 0 saturated heterocycles. The first-order valence-corrected chi connectivity index (χ1v) is 6.61. The molecule has 2 aromatic carbocycles. The van der Waals surface area contributed by atoms with Crippen molar-refractivity contribution < 1.29 is 4.74 Å². The second-order valence-corrected chi connectivity index (χ2v) is 5.04. The highest BCUT2D eigenvalue weighted by molar-refractivity contribution is 9.10. The van der Waals surface area contributed by atoms with Gasteiger partial charge in [-0.15, -0.1) is 0 Å². The number of anilines is 1. The Morgan fingerprint density at radius 2 is 2.00 bits per heavy atom. The molecule has 0 amide bonds. The van der Waals surface area contributed by atoms with Gasteiger partial charge in [0.2, 0.25) is 0 Å². The van der Waals surface area contributed by atoms with Crippen molar-refractivity contribution in [2.45, 2.75) is 13.5 Å². The van der Waals surface area contributed by atoms with Crippen LogP contribution in [0.25, 0.3) is 0 Å². The van der Waals surface area contributed by atoms with Crippen LogP contribution in [0, 0.1) is 6.92 Å². The van der Waals surface area contributed by atoms with Crippen molar-refractivity contribution in [1.29, 1.82) is 0 Å². The van der Waals surface area contributed by atoms with Gasteiger partial charge in [-0.2, -0.15) is 0 Å². The van der Waals surface area contributed by atoms with Crippen molar-refractivity contribution >= 4 is 21.6 Å². The number of hydrogen-bond acceptors (Lipinski definition) is 2. The molecule has 0 radical (unpaired) electrons. The molecular formula is C15H16BrNO. The predicted molar refractivity (Wildman–Crippen MR) is 79.2 cm³/mol. The van der Waals surface area contributed by atoms with E-state index in [0.717, 1.165) is 22.5 Å². The summed E-state index contributed by atoms with van der Waals surface area (Å²) in [4.78, 5) is 0. The smallest absolute Gasteiger partial charge is 0.121 e. The van der Waals surface area contributed by atoms with E-state index < -0.39 is 0 Å². The summed E-state index contributed by atoms with van der Waals surface area (Å²) in [5.41, 5.74) is 3.58. The fraction of sp³-hybridized carbons (Fsp3) is 0.200. The van der Waals surface area contributed by atoms with E-state index in [4.69, 9.17) is 4.74 Å². The molecular weight excluding hydrogens is 290 g/mol. The van der Waals surface area contributed by atoms with Crippen LogP contribution in [0.4, 0.5) is 5.69 Å². The molecule has 0 bridgehead atoms. The van der Waals surface area contributed by atoms with Crippen molar-refractivity contribution in [3.8, 4) is 5.75 Å². The van der Waals surface area contributed by atoms with Gasteiger partial charge < -0.3 is 10.1 Å². The van der Waals surface area contributed by atoms with Crippen LogP contribution in [-0.4, -0.2) is 7.11 Å². The summed E-state index contributed by atoms with van der Waals surface area (Å²) in [6.07, 6.45) is 0. The lowest BCUT2D eigenvalue weighted by molar-refractivity contribution is 0.415. The van der Waals surface area contributed by atoms with Crippen LogP contribution < -0.4 is 10.1 Å². The summed E-state index contributed by atoms with van der Waals surface area (Å²) in [7, 11) is 1.67. The Kier molecular flexibility index (Phi) is 4.26. The number of nitrogens with one attached hydrogen (secondary N) is 1. The summed E-state index contributed by atoms with van der Waals surface area (Å²) in [6, 6.07) is 14.4. The van der Waals surface area contributed by atoms with Gasteiger partial charge in [0, 0.05) is 17.1 Å². The van der Waals surface area contributed by atoms with Gasteiger partial charge in [-0.3, -0.25) is 0 Å². The molecule has 0 spiro atoms. The molecule has 2 rings (SSSR count). The first-order chi connectivity index (χ1) is 8.69. The van der Waals surface area contributed by atoms with Gasteiger partial charge in [0.1, 0.15) is 5.75 Å². The average Bonchev–Trinajstić information content (AvgIpc) is 2.38. The van der Waals surface area contributed by atoms with E-state index in [9.17, 15) is 0 Å². The summed E-state index contributed by atoms with van der Waals surface area (Å²) in [5, 5.41) is 3.40. The lowest BCUT2D eigenvalue weighted by Gasteiger charge is -2.10. The van der Waals surface area contributed by atoms with Crippen LogP contribution in [0.3, 0.4) is 0 Å². The van der Waals surface area contributed by atoms with Gasteiger partial charge in [0.05, 0.1) is 12.8 Å². The number of hydrogen-bond donors (Lipinski definition) is 1. The third-order valence-corrected chi connectivity index (χ3v) is 3.43. The number of ether oxygens (including phenoxy) is 1. The number of halogens is 1. The zero-order chi connectivity index (χ0) is 13.0. The van der Waals surface area contributed by atoms with Crippen LogP contribution >= 0.6 is 15.9 Å². The lowest BCUT2D eigenvalue weighted by Crippen LogP contribution is -2.00. The maximum atomic E-state index is 5.22. The Morgan fingerprint density at radius 3 is 2.72 bits per heavy atom. The SMILES string of the molecule is COc1ccc(Br)c(NCc2cccc(C)c2)c1. The van der Waals surface area contributed by atoms with Crippen LogP contribution in [0.15, 0.2) is 46.9 Å². The summed E-state index contributed by atoms with van der Waals surface area (Å²) in [5.74, 6) is 0.852. The minimum absolute atomic E-state index is 0.799. The van der Waals surface area contributed by atoms with Crippen LogP contribution in [0.5, 0.6) is 5.75 Å². The normalized spacial score (nSPS) is 10.2. The molecule has 18 heavy (non-hydrogen) atoms. The molecule has 3 heteroatoms. The first-order valence-electron chi connectivity index (χ1n) is 5.82. The summed E-state index contributed by atoms with van der Waals surface area (Å²) in [6.45, 7) is 2.90. The fourth-order valence-corrected chi connectivity index (χ4v) is 2.17. The molecule has 0 unspecified atom stereocenters. The Labute approximate surface area is 116 Å². The molecule has 0 aliphatic heterocycles. The van der Waals surface area contributed by atoms with Crippen LogP contribution in [-0.2, 0) is 6.54 Å². The van der Waals surface area contributed by atoms with Crippen LogP contribution in [0.2, 0.25) is 0 Å². The minimum Gasteiger partial charge on any atom is -0.497 e. The fourth-order valence-electron chi connectivity index (χ4n) is 1.79. The van der Waals surface area contributed by atoms with Crippen molar-refractivity contribution in [2.75, 3.05) is 12.4 Å². The van der Waals surface area contributed by atoms with E-state index in [0.29, 0.717) is 0 Å². The summed E-state index contributed by atoms with van der Waals surface area (Å²) >= 11 is 3.53. The number of rotatable bonds is 4. The largest absolute Gasteiger partial charge is 0.497 e. The quantitative estimate of drug-likeness (QED) is 0.905. The van der Waals surface area contributed by atoms with E-state index in [1.54, 1.807) is 7.11 Å². The Bertz CT molecular complexity index is 540. The second-order valence-electron chi connectivity index (χ2n) is 4.19. The third kappa shape index (κ3) is 3.26. The average molecular weight is 306 g/mol. The predicted octanol–water partition coefficient (Wildman–Crippen LogP) is 4.38. The zero-order valence-electron chi connectivity index (χ0n) is 10.5. The molecule has 0 heterocycles. The molecule has 0 aliphatic rings. The van der Waals surface area contributed by atoms with Gasteiger partial charge in [0.25, 0.3) is 0 Å². The van der Waals surface area contributed by atoms with E-state index in [2.05, 4.69) is 52.4 Å². The highest BCUT2D eigenvalue weighted by Crippen LogP contribution is 2.27. The van der Waals surface area contributed by atoms with E-state index in [1.807, 2.05) is 18.2 Å². The van der Waals surface area contributed by atoms with Crippen molar-refractivity contribution in [3.05, 3.63) is 58.1 Å². The summed E-state index contributed by atoms with van der Waals surface area (Å²) < 4.78 is 6.26. The monoisotopic (exact) mass is 305 g/mol. The lowest BCUT2D eigenvalue weighted by atomic mass is 10.1. The topological polar surface area (TPSA) is 21.3 Å². The minimum atomic E-state index is 0.799. The van der Waals surface area contributed by atoms with Gasteiger partial charge in [0.15, 0.2) is 0 Å². The number of methoxy groups -OCH3 is 1. The Balaban J connectivity index is 2.10. The van der Waals surface area contributed by atoms with E-state index in [1.165, 1.54) is 11.1 Å². The Hall–Kier alpha value is -1.48. The molecule has 94 valence electrons. The molecule has 2 nitrogen and oxygen atoms in total. The zero-order valence-corrected chi connectivity index (χ0v) is 12.1. The third-order valence-electron chi connectivity index (χ3n) is 2.74. The number of aryl methyl sites for hydroxylation is 1. The highest BCUT2D eigenvalue weighted by atomic mass is 79.9. The second kappa shape index (κ2) is 5.91. The van der Waals surface area contributed by atoms with Gasteiger partial charge in [-0.1, -0.05) is 29.8 Å². The molecule has 0 fully saturated rings. The highest BCUT2D eigenvalue weighted by Gasteiger charge is 2.02. The molecule has 0 aromatic heterocycles. The maximum absolute atomic E-state index is 5.22. The molecule has 0 aliphatic carbocycles. The standard InChI is InChI=1S/C15H16BrNO/c1-11-4-3-5-12(8-11)10-17-15-9-13(18-2)6-7-14(15)16/h3-9,17H,10H2,1-2H3. The maximum Gasteiger partial charge on any atom is 0.121 e. The van der Waals surface area contributed by atoms with Crippen molar-refractivity contribution in [3.63, 3.8) is 0 Å². The Morgan fingerprint density at radius 1 is 1.17 bits per heavy atom. The van der Waals surface area contributed by atoms with Gasteiger partial charge in [-0.25, -0.2) is 0 Å². The molecule has 2 aromatic rings. The van der Waals surface area contributed by atoms with Crippen molar-refractivity contribution in [2.24, 2.45) is 0 Å². The number of benzene rings is 2. The molecule has 1 N–H and O–H groups in total. The molecule has 0 saturated carbocycles. The molecule has 0 atom stereocenters. The van der Waals surface area contributed by atoms with Gasteiger partial charge >= 0.3 is 0 Å². The van der Waals surface area contributed by atoms with E-state index in [-0.39, 0.29) is 0 Å². The van der Waals surface area contributed by atoms with Crippen molar-refractivity contribution in [1.82, 2.24) is 0 Å². The van der Waals surface area contributed by atoms with E-state index >= 15 is 0 Å². The first kappa shape index (κ1) is 13.0.